The number of anilines is 1. The van der Waals surface area contributed by atoms with Crippen molar-refractivity contribution in [1.82, 2.24) is 24.1 Å². The van der Waals surface area contributed by atoms with Crippen LogP contribution in [0.1, 0.15) is 55.2 Å². The van der Waals surface area contributed by atoms with E-state index in [9.17, 15) is 4.79 Å². The lowest BCUT2D eigenvalue weighted by molar-refractivity contribution is 0.0154. The van der Waals surface area contributed by atoms with Gasteiger partial charge in [-0.1, -0.05) is 0 Å². The quantitative estimate of drug-likeness (QED) is 0.697. The van der Waals surface area contributed by atoms with Crippen molar-refractivity contribution in [3.63, 3.8) is 0 Å². The summed E-state index contributed by atoms with van der Waals surface area (Å²) in [5.74, 6) is 0.563. The van der Waals surface area contributed by atoms with E-state index >= 15 is 0 Å². The van der Waals surface area contributed by atoms with Crippen molar-refractivity contribution in [2.45, 2.75) is 56.1 Å². The molecular formula is C21H24N6O3. The first kappa shape index (κ1) is 17.9. The average molecular weight is 408 g/mol. The molecular weight excluding hydrogens is 384 g/mol. The highest BCUT2D eigenvalue weighted by atomic mass is 16.5. The number of ether oxygens (including phenoxy) is 2. The molecule has 3 aromatic heterocycles. The topological polar surface area (TPSA) is 95.6 Å². The van der Waals surface area contributed by atoms with E-state index in [1.54, 1.807) is 30.2 Å². The number of aryl methyl sites for hydroxylation is 1. The SMILES string of the molecule is Cn1ccc(NC(=O)c2cn3cc(C45COC(C)(C4)C5)nc3c(OC3CCC3)n2)n1. The zero-order valence-corrected chi connectivity index (χ0v) is 17.1. The fraction of sp³-hybridized carbons (Fsp3) is 0.524. The summed E-state index contributed by atoms with van der Waals surface area (Å²) in [5.41, 5.74) is 1.85. The lowest BCUT2D eigenvalue weighted by Crippen LogP contribution is -2.45. The second kappa shape index (κ2) is 6.04. The van der Waals surface area contributed by atoms with Gasteiger partial charge in [0.1, 0.15) is 11.8 Å². The predicted octanol–water partition coefficient (Wildman–Crippen LogP) is 2.47. The van der Waals surface area contributed by atoms with Crippen LogP contribution in [0.2, 0.25) is 0 Å². The maximum Gasteiger partial charge on any atom is 0.277 e. The molecule has 3 aromatic rings. The smallest absolute Gasteiger partial charge is 0.277 e. The van der Waals surface area contributed by atoms with Gasteiger partial charge in [0.15, 0.2) is 5.82 Å². The van der Waals surface area contributed by atoms with Crippen molar-refractivity contribution in [1.29, 1.82) is 0 Å². The Bertz CT molecular complexity index is 1150. The van der Waals surface area contributed by atoms with Crippen molar-refractivity contribution < 1.29 is 14.3 Å². The number of hydrogen-bond acceptors (Lipinski definition) is 6. The zero-order valence-electron chi connectivity index (χ0n) is 17.1. The molecule has 0 radical (unpaired) electrons. The van der Waals surface area contributed by atoms with Gasteiger partial charge in [0.2, 0.25) is 5.65 Å². The van der Waals surface area contributed by atoms with Crippen LogP contribution in [-0.4, -0.2) is 48.4 Å². The number of fused-ring (bicyclic) bond motifs is 2. The minimum absolute atomic E-state index is 0.0208. The Morgan fingerprint density at radius 1 is 1.30 bits per heavy atom. The Kier molecular flexibility index (Phi) is 3.60. The molecule has 156 valence electrons. The maximum atomic E-state index is 12.8. The van der Waals surface area contributed by atoms with Gasteiger partial charge >= 0.3 is 0 Å². The summed E-state index contributed by atoms with van der Waals surface area (Å²) in [7, 11) is 1.80. The summed E-state index contributed by atoms with van der Waals surface area (Å²) >= 11 is 0. The van der Waals surface area contributed by atoms with Gasteiger partial charge in [-0.2, -0.15) is 5.10 Å². The van der Waals surface area contributed by atoms with Crippen molar-refractivity contribution in [2.75, 3.05) is 11.9 Å². The van der Waals surface area contributed by atoms with Gasteiger partial charge in [-0.15, -0.1) is 0 Å². The van der Waals surface area contributed by atoms with E-state index in [1.165, 1.54) is 0 Å². The molecule has 2 saturated carbocycles. The van der Waals surface area contributed by atoms with Crippen LogP contribution < -0.4 is 10.1 Å². The van der Waals surface area contributed by atoms with E-state index in [1.807, 2.05) is 10.6 Å². The Morgan fingerprint density at radius 3 is 2.77 bits per heavy atom. The summed E-state index contributed by atoms with van der Waals surface area (Å²) < 4.78 is 15.6. The molecule has 2 saturated heterocycles. The molecule has 9 heteroatoms. The number of rotatable bonds is 5. The number of amides is 1. The van der Waals surface area contributed by atoms with Crippen LogP contribution in [0.15, 0.2) is 24.7 Å². The summed E-state index contributed by atoms with van der Waals surface area (Å²) in [6.45, 7) is 2.84. The second-order valence-electron chi connectivity index (χ2n) is 9.16. The molecule has 1 amide bonds. The highest BCUT2D eigenvalue weighted by Crippen LogP contribution is 2.58. The van der Waals surface area contributed by atoms with E-state index < -0.39 is 0 Å². The number of nitrogens with zero attached hydrogens (tertiary/aromatic N) is 5. The monoisotopic (exact) mass is 408 g/mol. The van der Waals surface area contributed by atoms with Gasteiger partial charge in [-0.3, -0.25) is 13.9 Å². The highest BCUT2D eigenvalue weighted by molar-refractivity contribution is 6.02. The van der Waals surface area contributed by atoms with Crippen molar-refractivity contribution in [3.05, 3.63) is 36.0 Å². The van der Waals surface area contributed by atoms with Crippen molar-refractivity contribution in [2.24, 2.45) is 7.05 Å². The predicted molar refractivity (Wildman–Crippen MR) is 108 cm³/mol. The van der Waals surface area contributed by atoms with Crippen molar-refractivity contribution in [3.8, 4) is 5.88 Å². The Morgan fingerprint density at radius 2 is 2.13 bits per heavy atom. The molecule has 5 heterocycles. The minimum Gasteiger partial charge on any atom is -0.472 e. The maximum absolute atomic E-state index is 12.8. The third-order valence-corrected chi connectivity index (χ3v) is 6.59. The zero-order chi connectivity index (χ0) is 20.5. The molecule has 4 fully saturated rings. The van der Waals surface area contributed by atoms with Gasteiger partial charge in [-0.25, -0.2) is 9.97 Å². The van der Waals surface area contributed by atoms with Crippen LogP contribution in [0.5, 0.6) is 5.88 Å². The molecule has 9 nitrogen and oxygen atoms in total. The lowest BCUT2D eigenvalue weighted by Gasteiger charge is -2.41. The van der Waals surface area contributed by atoms with Crippen LogP contribution in [0.4, 0.5) is 5.82 Å². The molecule has 2 bridgehead atoms. The largest absolute Gasteiger partial charge is 0.472 e. The molecule has 0 atom stereocenters. The van der Waals surface area contributed by atoms with Crippen LogP contribution in [-0.2, 0) is 17.2 Å². The fourth-order valence-corrected chi connectivity index (χ4v) is 4.87. The molecule has 30 heavy (non-hydrogen) atoms. The number of aromatic nitrogens is 5. The first-order valence-corrected chi connectivity index (χ1v) is 10.4. The summed E-state index contributed by atoms with van der Waals surface area (Å²) in [5, 5.41) is 6.99. The Labute approximate surface area is 173 Å². The number of hydrogen-bond donors (Lipinski definition) is 1. The van der Waals surface area contributed by atoms with Crippen LogP contribution in [0.3, 0.4) is 0 Å². The minimum atomic E-state index is -0.331. The van der Waals surface area contributed by atoms with E-state index in [0.29, 0.717) is 24.0 Å². The molecule has 2 aliphatic heterocycles. The van der Waals surface area contributed by atoms with Gasteiger partial charge in [-0.05, 0) is 39.0 Å². The lowest BCUT2D eigenvalue weighted by atomic mass is 9.62. The van der Waals surface area contributed by atoms with Crippen molar-refractivity contribution >= 4 is 17.4 Å². The summed E-state index contributed by atoms with van der Waals surface area (Å²) in [6, 6.07) is 1.74. The standard InChI is InChI=1S/C21H24N6O3/c1-20-10-21(11-20,12-29-20)15-9-27-8-14(18(28)24-16-6-7-26(2)25-16)22-19(17(27)23-15)30-13-4-3-5-13/h6-9,13H,3-5,10-12H2,1-2H3,(H,24,25,28). The number of carbonyl (C=O) groups excluding carboxylic acids is 1. The number of carbonyl (C=O) groups is 1. The first-order chi connectivity index (χ1) is 14.4. The van der Waals surface area contributed by atoms with Crippen LogP contribution >= 0.6 is 0 Å². The Hall–Kier alpha value is -2.94. The van der Waals surface area contributed by atoms with Crippen LogP contribution in [0, 0.1) is 0 Å². The first-order valence-electron chi connectivity index (χ1n) is 10.4. The molecule has 7 rings (SSSR count). The van der Waals surface area contributed by atoms with E-state index in [-0.39, 0.29) is 28.7 Å². The third-order valence-electron chi connectivity index (χ3n) is 6.59. The molecule has 4 aliphatic rings. The van der Waals surface area contributed by atoms with E-state index in [4.69, 9.17) is 14.5 Å². The normalized spacial score (nSPS) is 27.7. The van der Waals surface area contributed by atoms with Gasteiger partial charge < -0.3 is 14.8 Å². The molecule has 2 aliphatic carbocycles. The highest BCUT2D eigenvalue weighted by Gasteiger charge is 2.61. The van der Waals surface area contributed by atoms with Gasteiger partial charge in [0, 0.05) is 37.1 Å². The summed E-state index contributed by atoms with van der Waals surface area (Å²) in [4.78, 5) is 22.2. The molecule has 0 unspecified atom stereocenters. The van der Waals surface area contributed by atoms with Crippen LogP contribution in [0.25, 0.3) is 5.65 Å². The second-order valence-corrected chi connectivity index (χ2v) is 9.16. The van der Waals surface area contributed by atoms with Gasteiger partial charge in [0.05, 0.1) is 17.9 Å². The van der Waals surface area contributed by atoms with Gasteiger partial charge in [0.25, 0.3) is 11.8 Å². The van der Waals surface area contributed by atoms with E-state index in [0.717, 1.165) is 37.8 Å². The summed E-state index contributed by atoms with van der Waals surface area (Å²) in [6.07, 6.45) is 10.7. The number of imidazole rings is 1. The number of nitrogens with one attached hydrogen (secondary N) is 1. The fourth-order valence-electron chi connectivity index (χ4n) is 4.87. The average Bonchev–Trinajstić information content (AvgIpc) is 3.40. The molecule has 0 aromatic carbocycles. The third kappa shape index (κ3) is 2.72. The van der Waals surface area contributed by atoms with E-state index in [2.05, 4.69) is 22.3 Å². The Balaban J connectivity index is 1.37. The molecule has 1 N–H and O–H groups in total. The molecule has 0 spiro atoms.